The molecular formula is C13H13ClN2O2. The second kappa shape index (κ2) is 5.14. The summed E-state index contributed by atoms with van der Waals surface area (Å²) in [4.78, 5) is 3.96. The third-order valence-electron chi connectivity index (χ3n) is 2.61. The van der Waals surface area contributed by atoms with Crippen molar-refractivity contribution in [3.05, 3.63) is 47.2 Å². The molecule has 1 aromatic carbocycles. The maximum absolute atomic E-state index is 9.75. The Morgan fingerprint density at radius 1 is 1.28 bits per heavy atom. The molecule has 18 heavy (non-hydrogen) atoms. The summed E-state index contributed by atoms with van der Waals surface area (Å²) >= 11 is 5.94. The Morgan fingerprint density at radius 2 is 2.06 bits per heavy atom. The van der Waals surface area contributed by atoms with E-state index < -0.39 is 0 Å². The summed E-state index contributed by atoms with van der Waals surface area (Å²) in [5.41, 5.74) is 1.27. The Morgan fingerprint density at radius 3 is 2.78 bits per heavy atom. The Kier molecular flexibility index (Phi) is 3.58. The molecule has 0 aliphatic rings. The molecule has 2 aromatic rings. The zero-order valence-corrected chi connectivity index (χ0v) is 10.5. The van der Waals surface area contributed by atoms with Gasteiger partial charge in [0, 0.05) is 11.8 Å². The van der Waals surface area contributed by atoms with Crippen molar-refractivity contribution >= 4 is 17.3 Å². The van der Waals surface area contributed by atoms with Crippen LogP contribution in [0.15, 0.2) is 36.5 Å². The van der Waals surface area contributed by atoms with Gasteiger partial charge in [0.15, 0.2) is 5.15 Å². The number of hydrogen-bond acceptors (Lipinski definition) is 4. The van der Waals surface area contributed by atoms with E-state index in [0.717, 1.165) is 0 Å². The van der Waals surface area contributed by atoms with Crippen LogP contribution in [-0.4, -0.2) is 15.2 Å². The van der Waals surface area contributed by atoms with Crippen molar-refractivity contribution in [2.45, 2.75) is 13.0 Å². The molecule has 0 fully saturated rings. The van der Waals surface area contributed by atoms with Crippen LogP contribution in [0, 0.1) is 0 Å². The van der Waals surface area contributed by atoms with Crippen molar-refractivity contribution in [1.29, 1.82) is 0 Å². The molecule has 0 aliphatic heterocycles. The fourth-order valence-corrected chi connectivity index (χ4v) is 1.87. The molecule has 0 saturated carbocycles. The van der Waals surface area contributed by atoms with Crippen molar-refractivity contribution in [2.75, 3.05) is 5.32 Å². The van der Waals surface area contributed by atoms with Crippen molar-refractivity contribution in [3.8, 4) is 11.5 Å². The summed E-state index contributed by atoms with van der Waals surface area (Å²) in [5, 5.41) is 22.7. The third kappa shape index (κ3) is 2.65. The number of aromatic hydroxyl groups is 2. The third-order valence-corrected chi connectivity index (χ3v) is 2.91. The smallest absolute Gasteiger partial charge is 0.152 e. The van der Waals surface area contributed by atoms with Gasteiger partial charge in [-0.3, -0.25) is 0 Å². The number of nitrogens with zero attached hydrogens (tertiary/aromatic N) is 1. The molecular weight excluding hydrogens is 252 g/mol. The van der Waals surface area contributed by atoms with Gasteiger partial charge < -0.3 is 15.5 Å². The van der Waals surface area contributed by atoms with E-state index in [1.807, 2.05) is 6.92 Å². The van der Waals surface area contributed by atoms with E-state index in [2.05, 4.69) is 10.3 Å². The SMILES string of the molecule is CC(Nc1cccnc1Cl)c1cc(O)ccc1O. The fourth-order valence-electron chi connectivity index (χ4n) is 1.69. The van der Waals surface area contributed by atoms with Crippen LogP contribution in [0.25, 0.3) is 0 Å². The second-order valence-corrected chi connectivity index (χ2v) is 4.31. The van der Waals surface area contributed by atoms with Gasteiger partial charge in [-0.2, -0.15) is 0 Å². The number of nitrogens with one attached hydrogen (secondary N) is 1. The number of phenols is 2. The summed E-state index contributed by atoms with van der Waals surface area (Å²) in [7, 11) is 0. The first-order valence-electron chi connectivity index (χ1n) is 5.47. The van der Waals surface area contributed by atoms with E-state index in [0.29, 0.717) is 16.4 Å². The van der Waals surface area contributed by atoms with Gasteiger partial charge in [-0.25, -0.2) is 4.98 Å². The van der Waals surface area contributed by atoms with Crippen molar-refractivity contribution < 1.29 is 10.2 Å². The number of pyridine rings is 1. The van der Waals surface area contributed by atoms with E-state index in [4.69, 9.17) is 11.6 Å². The van der Waals surface area contributed by atoms with Gasteiger partial charge in [0.25, 0.3) is 0 Å². The first-order chi connectivity index (χ1) is 8.58. The molecule has 4 nitrogen and oxygen atoms in total. The highest BCUT2D eigenvalue weighted by Gasteiger charge is 2.12. The summed E-state index contributed by atoms with van der Waals surface area (Å²) in [6, 6.07) is 7.75. The van der Waals surface area contributed by atoms with Crippen LogP contribution in [0.1, 0.15) is 18.5 Å². The van der Waals surface area contributed by atoms with Gasteiger partial charge >= 0.3 is 0 Å². The molecule has 1 atom stereocenters. The quantitative estimate of drug-likeness (QED) is 0.588. The van der Waals surface area contributed by atoms with Crippen molar-refractivity contribution in [2.24, 2.45) is 0 Å². The van der Waals surface area contributed by atoms with E-state index in [1.54, 1.807) is 18.3 Å². The number of hydrogen-bond donors (Lipinski definition) is 3. The van der Waals surface area contributed by atoms with Crippen LogP contribution < -0.4 is 5.32 Å². The van der Waals surface area contributed by atoms with Crippen LogP contribution in [0.4, 0.5) is 5.69 Å². The van der Waals surface area contributed by atoms with Gasteiger partial charge in [0.1, 0.15) is 11.5 Å². The summed E-state index contributed by atoms with van der Waals surface area (Å²) in [5.74, 6) is 0.224. The molecule has 3 N–H and O–H groups in total. The van der Waals surface area contributed by atoms with Crippen molar-refractivity contribution in [1.82, 2.24) is 4.98 Å². The van der Waals surface area contributed by atoms with Crippen LogP contribution in [0.5, 0.6) is 11.5 Å². The number of benzene rings is 1. The lowest BCUT2D eigenvalue weighted by Crippen LogP contribution is -2.07. The van der Waals surface area contributed by atoms with Crippen LogP contribution >= 0.6 is 11.6 Å². The molecule has 2 rings (SSSR count). The Balaban J connectivity index is 2.25. The monoisotopic (exact) mass is 264 g/mol. The fraction of sp³-hybridized carbons (Fsp3) is 0.154. The Bertz CT molecular complexity index is 560. The van der Waals surface area contributed by atoms with Crippen LogP contribution in [-0.2, 0) is 0 Å². The number of phenolic OH excluding ortho intramolecular Hbond substituents is 2. The van der Waals surface area contributed by atoms with Gasteiger partial charge in [0.2, 0.25) is 0 Å². The molecule has 1 aromatic heterocycles. The molecule has 5 heteroatoms. The predicted octanol–water partition coefficient (Wildman–Crippen LogP) is 3.32. The number of anilines is 1. The van der Waals surface area contributed by atoms with E-state index >= 15 is 0 Å². The minimum atomic E-state index is -0.209. The van der Waals surface area contributed by atoms with E-state index in [-0.39, 0.29) is 17.5 Å². The summed E-state index contributed by atoms with van der Waals surface area (Å²) in [6.07, 6.45) is 1.60. The van der Waals surface area contributed by atoms with Gasteiger partial charge in [-0.05, 0) is 37.3 Å². The van der Waals surface area contributed by atoms with Crippen molar-refractivity contribution in [3.63, 3.8) is 0 Å². The van der Waals surface area contributed by atoms with Gasteiger partial charge in [-0.15, -0.1) is 0 Å². The lowest BCUT2D eigenvalue weighted by molar-refractivity contribution is 0.451. The lowest BCUT2D eigenvalue weighted by Gasteiger charge is -2.17. The Labute approximate surface area is 110 Å². The Hall–Kier alpha value is -1.94. The number of halogens is 1. The van der Waals surface area contributed by atoms with Gasteiger partial charge in [0.05, 0.1) is 11.7 Å². The molecule has 1 heterocycles. The van der Waals surface area contributed by atoms with E-state index in [1.165, 1.54) is 18.2 Å². The van der Waals surface area contributed by atoms with Gasteiger partial charge in [-0.1, -0.05) is 11.6 Å². The highest BCUT2D eigenvalue weighted by atomic mass is 35.5. The van der Waals surface area contributed by atoms with E-state index in [9.17, 15) is 10.2 Å². The topological polar surface area (TPSA) is 65.4 Å². The highest BCUT2D eigenvalue weighted by molar-refractivity contribution is 6.31. The predicted molar refractivity (Wildman–Crippen MR) is 71.1 cm³/mol. The first kappa shape index (κ1) is 12.5. The highest BCUT2D eigenvalue weighted by Crippen LogP contribution is 2.31. The maximum atomic E-state index is 9.75. The summed E-state index contributed by atoms with van der Waals surface area (Å²) in [6.45, 7) is 1.86. The first-order valence-corrected chi connectivity index (χ1v) is 5.84. The second-order valence-electron chi connectivity index (χ2n) is 3.95. The van der Waals surface area contributed by atoms with Crippen LogP contribution in [0.3, 0.4) is 0 Å². The zero-order chi connectivity index (χ0) is 13.1. The summed E-state index contributed by atoms with van der Waals surface area (Å²) < 4.78 is 0. The largest absolute Gasteiger partial charge is 0.508 e. The standard InChI is InChI=1S/C13H13ClN2O2/c1-8(10-7-9(17)4-5-12(10)18)16-11-3-2-6-15-13(11)14/h2-8,16-18H,1H3. The zero-order valence-electron chi connectivity index (χ0n) is 9.76. The normalized spacial score (nSPS) is 12.1. The molecule has 94 valence electrons. The molecule has 1 unspecified atom stereocenters. The lowest BCUT2D eigenvalue weighted by atomic mass is 10.1. The average molecular weight is 265 g/mol. The molecule has 0 spiro atoms. The molecule has 0 radical (unpaired) electrons. The molecule has 0 bridgehead atoms. The number of aromatic nitrogens is 1. The minimum absolute atomic E-state index is 0.105. The minimum Gasteiger partial charge on any atom is -0.508 e. The number of rotatable bonds is 3. The maximum Gasteiger partial charge on any atom is 0.152 e. The van der Waals surface area contributed by atoms with Crippen LogP contribution in [0.2, 0.25) is 5.15 Å². The average Bonchev–Trinajstić information content (AvgIpc) is 2.35. The molecule has 0 amide bonds. The molecule has 0 saturated heterocycles. The molecule has 0 aliphatic carbocycles.